The predicted octanol–water partition coefficient (Wildman–Crippen LogP) is 7.74. The van der Waals surface area contributed by atoms with Gasteiger partial charge in [0, 0.05) is 23.1 Å². The minimum atomic E-state index is -4.74. The summed E-state index contributed by atoms with van der Waals surface area (Å²) in [5.41, 5.74) is 5.84. The Kier molecular flexibility index (Phi) is 7.98. The molecule has 226 valence electrons. The van der Waals surface area contributed by atoms with Crippen LogP contribution in [0.4, 0.5) is 13.2 Å². The molecule has 0 saturated heterocycles. The Hall–Kier alpha value is -4.51. The molecule has 1 aliphatic carbocycles. The van der Waals surface area contributed by atoms with Crippen molar-refractivity contribution in [3.8, 4) is 28.5 Å². The average Bonchev–Trinajstić information content (AvgIpc) is 3.39. The fourth-order valence-electron chi connectivity index (χ4n) is 5.40. The number of hydrogen-bond donors (Lipinski definition) is 0. The van der Waals surface area contributed by atoms with E-state index >= 15 is 0 Å². The summed E-state index contributed by atoms with van der Waals surface area (Å²) in [6.45, 7) is 6.36. The van der Waals surface area contributed by atoms with E-state index in [1.54, 1.807) is 0 Å². The number of ether oxygens (including phenoxy) is 1. The summed E-state index contributed by atoms with van der Waals surface area (Å²) in [6, 6.07) is 21.6. The SMILES string of the molecule is Cc1csc(=NC(=O)CC2CC2c2ccc(-c3ncn(-c4ccc(OC(F)(F)F)cc4)n3)cc2)n1-c1ccccc1C(C)C. The molecule has 2 heterocycles. The molecule has 7 nitrogen and oxygen atoms in total. The molecule has 0 bridgehead atoms. The number of para-hydroxylation sites is 1. The number of halogens is 3. The van der Waals surface area contributed by atoms with Crippen molar-refractivity contribution in [3.05, 3.63) is 106 Å². The molecular weight excluding hydrogens is 587 g/mol. The molecule has 2 aromatic heterocycles. The Balaban J connectivity index is 1.10. The number of aryl methyl sites for hydroxylation is 1. The first kappa shape index (κ1) is 29.6. The monoisotopic (exact) mass is 617 g/mol. The zero-order chi connectivity index (χ0) is 31.0. The fourth-order valence-corrected chi connectivity index (χ4v) is 6.28. The standard InChI is InChI=1S/C33H30F3N5O2S/c1-20(2)27-6-4-5-7-29(27)41-21(3)18-44-32(41)38-30(42)17-24-16-28(24)22-8-10-23(11-9-22)31-37-19-40(39-31)25-12-14-26(15-13-25)43-33(34,35)36/h4-15,18-20,24,28H,16-17H2,1-3H3. The van der Waals surface area contributed by atoms with Crippen LogP contribution in [0.15, 0.2) is 89.5 Å². The number of carbonyl (C=O) groups excluding carboxylic acids is 1. The molecule has 2 unspecified atom stereocenters. The van der Waals surface area contributed by atoms with Gasteiger partial charge in [0.1, 0.15) is 12.1 Å². The molecule has 0 radical (unpaired) electrons. The molecule has 1 saturated carbocycles. The Bertz CT molecular complexity index is 1850. The lowest BCUT2D eigenvalue weighted by molar-refractivity contribution is -0.274. The van der Waals surface area contributed by atoms with Crippen LogP contribution in [0.3, 0.4) is 0 Å². The third kappa shape index (κ3) is 6.52. The molecule has 1 fully saturated rings. The quantitative estimate of drug-likeness (QED) is 0.179. The Labute approximate surface area is 256 Å². The zero-order valence-corrected chi connectivity index (χ0v) is 25.1. The van der Waals surface area contributed by atoms with Crippen LogP contribution >= 0.6 is 11.3 Å². The van der Waals surface area contributed by atoms with Gasteiger partial charge in [-0.1, -0.05) is 56.3 Å². The van der Waals surface area contributed by atoms with E-state index in [-0.39, 0.29) is 17.6 Å². The van der Waals surface area contributed by atoms with Crippen LogP contribution in [0.2, 0.25) is 0 Å². The van der Waals surface area contributed by atoms with Gasteiger partial charge in [-0.05, 0) is 72.6 Å². The maximum atomic E-state index is 13.0. The van der Waals surface area contributed by atoms with Crippen LogP contribution < -0.4 is 9.54 Å². The molecule has 5 aromatic rings. The van der Waals surface area contributed by atoms with Gasteiger partial charge in [0.25, 0.3) is 0 Å². The predicted molar refractivity (Wildman–Crippen MR) is 162 cm³/mol. The van der Waals surface area contributed by atoms with Crippen molar-refractivity contribution < 1.29 is 22.7 Å². The van der Waals surface area contributed by atoms with Gasteiger partial charge in [0.2, 0.25) is 5.91 Å². The fraction of sp³-hybridized carbons (Fsp3) is 0.273. The summed E-state index contributed by atoms with van der Waals surface area (Å²) in [5, 5.41) is 6.50. The average molecular weight is 618 g/mol. The number of amides is 1. The zero-order valence-electron chi connectivity index (χ0n) is 24.3. The molecule has 2 atom stereocenters. The summed E-state index contributed by atoms with van der Waals surface area (Å²) in [5.74, 6) is 0.963. The second-order valence-electron chi connectivity index (χ2n) is 11.2. The summed E-state index contributed by atoms with van der Waals surface area (Å²) < 4.78 is 44.8. The summed E-state index contributed by atoms with van der Waals surface area (Å²) in [4.78, 5) is 22.6. The largest absolute Gasteiger partial charge is 0.573 e. The Morgan fingerprint density at radius 2 is 1.80 bits per heavy atom. The van der Waals surface area contributed by atoms with Gasteiger partial charge in [-0.3, -0.25) is 9.36 Å². The molecule has 6 rings (SSSR count). The van der Waals surface area contributed by atoms with Crippen molar-refractivity contribution in [2.45, 2.75) is 51.8 Å². The normalized spacial score (nSPS) is 16.8. The third-order valence-corrected chi connectivity index (χ3v) is 8.63. The van der Waals surface area contributed by atoms with Crippen molar-refractivity contribution in [1.29, 1.82) is 0 Å². The minimum absolute atomic E-state index is 0.112. The van der Waals surface area contributed by atoms with Gasteiger partial charge in [-0.15, -0.1) is 29.6 Å². The van der Waals surface area contributed by atoms with Crippen molar-refractivity contribution in [3.63, 3.8) is 0 Å². The van der Waals surface area contributed by atoms with Crippen LogP contribution in [-0.4, -0.2) is 31.6 Å². The summed E-state index contributed by atoms with van der Waals surface area (Å²) in [7, 11) is 0. The van der Waals surface area contributed by atoms with E-state index in [0.29, 0.717) is 34.6 Å². The number of aromatic nitrogens is 4. The minimum Gasteiger partial charge on any atom is -0.406 e. The van der Waals surface area contributed by atoms with Gasteiger partial charge in [0.05, 0.1) is 11.4 Å². The van der Waals surface area contributed by atoms with Gasteiger partial charge >= 0.3 is 6.36 Å². The number of alkyl halides is 3. The number of benzene rings is 3. The number of rotatable bonds is 8. The Morgan fingerprint density at radius 1 is 1.07 bits per heavy atom. The van der Waals surface area contributed by atoms with Crippen LogP contribution in [0.5, 0.6) is 5.75 Å². The van der Waals surface area contributed by atoms with Crippen molar-refractivity contribution in [2.75, 3.05) is 0 Å². The van der Waals surface area contributed by atoms with Crippen molar-refractivity contribution in [2.24, 2.45) is 10.9 Å². The number of thiazole rings is 1. The molecule has 0 N–H and O–H groups in total. The van der Waals surface area contributed by atoms with Crippen LogP contribution in [0.1, 0.15) is 55.3 Å². The van der Waals surface area contributed by atoms with Gasteiger partial charge in [-0.25, -0.2) is 9.67 Å². The second-order valence-corrected chi connectivity index (χ2v) is 12.0. The van der Waals surface area contributed by atoms with Crippen LogP contribution in [0, 0.1) is 12.8 Å². The van der Waals surface area contributed by atoms with Crippen LogP contribution in [-0.2, 0) is 4.79 Å². The first-order valence-corrected chi connectivity index (χ1v) is 15.2. The van der Waals surface area contributed by atoms with E-state index in [1.807, 2.05) is 48.7 Å². The maximum Gasteiger partial charge on any atom is 0.573 e. The van der Waals surface area contributed by atoms with Crippen molar-refractivity contribution >= 4 is 17.2 Å². The second kappa shape index (κ2) is 11.9. The highest BCUT2D eigenvalue weighted by atomic mass is 32.1. The lowest BCUT2D eigenvalue weighted by Gasteiger charge is -2.14. The number of nitrogens with zero attached hydrogens (tertiary/aromatic N) is 5. The number of hydrogen-bond acceptors (Lipinski definition) is 5. The van der Waals surface area contributed by atoms with E-state index < -0.39 is 6.36 Å². The first-order valence-electron chi connectivity index (χ1n) is 14.3. The van der Waals surface area contributed by atoms with Crippen LogP contribution in [0.25, 0.3) is 22.8 Å². The van der Waals surface area contributed by atoms with Crippen molar-refractivity contribution in [1.82, 2.24) is 19.3 Å². The molecular formula is C33H30F3N5O2S. The topological polar surface area (TPSA) is 74.3 Å². The molecule has 11 heteroatoms. The molecule has 0 aliphatic heterocycles. The highest BCUT2D eigenvalue weighted by Crippen LogP contribution is 2.49. The molecule has 3 aromatic carbocycles. The lowest BCUT2D eigenvalue weighted by atomic mass is 10.0. The van der Waals surface area contributed by atoms with E-state index in [4.69, 9.17) is 0 Å². The first-order chi connectivity index (χ1) is 21.1. The summed E-state index contributed by atoms with van der Waals surface area (Å²) >= 11 is 1.48. The molecule has 1 amide bonds. The summed E-state index contributed by atoms with van der Waals surface area (Å²) in [6.07, 6.45) is -1.91. The highest BCUT2D eigenvalue weighted by Gasteiger charge is 2.39. The van der Waals surface area contributed by atoms with Gasteiger partial charge in [-0.2, -0.15) is 4.99 Å². The van der Waals surface area contributed by atoms with Gasteiger partial charge in [0.15, 0.2) is 10.6 Å². The third-order valence-electron chi connectivity index (χ3n) is 7.68. The van der Waals surface area contributed by atoms with E-state index in [0.717, 1.165) is 28.9 Å². The lowest BCUT2D eigenvalue weighted by Crippen LogP contribution is -2.18. The molecule has 0 spiro atoms. The highest BCUT2D eigenvalue weighted by molar-refractivity contribution is 7.07. The van der Waals surface area contributed by atoms with Gasteiger partial charge < -0.3 is 4.74 Å². The van der Waals surface area contributed by atoms with E-state index in [9.17, 15) is 18.0 Å². The molecule has 44 heavy (non-hydrogen) atoms. The smallest absolute Gasteiger partial charge is 0.406 e. The maximum absolute atomic E-state index is 13.0. The van der Waals surface area contributed by atoms with E-state index in [2.05, 4.69) is 50.4 Å². The van der Waals surface area contributed by atoms with E-state index in [1.165, 1.54) is 52.2 Å². The molecule has 1 aliphatic rings. The number of carbonyl (C=O) groups is 1. The Morgan fingerprint density at radius 3 is 2.50 bits per heavy atom.